The summed E-state index contributed by atoms with van der Waals surface area (Å²) in [7, 11) is 4.29. The summed E-state index contributed by atoms with van der Waals surface area (Å²) in [4.78, 5) is 2.28. The summed E-state index contributed by atoms with van der Waals surface area (Å²) in [5, 5.41) is 3.68. The van der Waals surface area contributed by atoms with Crippen molar-refractivity contribution in [3.8, 4) is 0 Å². The number of nitrogens with one attached hydrogen (secondary N) is 1. The minimum atomic E-state index is 0.302. The van der Waals surface area contributed by atoms with Crippen LogP contribution in [0.4, 0.5) is 0 Å². The topological polar surface area (TPSA) is 28.4 Å². The molecule has 90 valence electrons. The predicted molar refractivity (Wildman–Crippen MR) is 65.6 cm³/mol. The molecule has 2 rings (SSSR count). The Labute approximate surface area is 97.8 Å². The van der Waals surface area contributed by atoms with E-state index in [9.17, 15) is 0 Å². The summed E-state index contributed by atoms with van der Waals surface area (Å²) in [5.41, 5.74) is 0.302. The molecule has 1 aromatic rings. The van der Waals surface area contributed by atoms with Crippen LogP contribution in [0.25, 0.3) is 0 Å². The van der Waals surface area contributed by atoms with Gasteiger partial charge in [-0.3, -0.25) is 0 Å². The average molecular weight is 222 g/mol. The lowest BCUT2D eigenvalue weighted by Gasteiger charge is -2.32. The van der Waals surface area contributed by atoms with E-state index in [1.165, 1.54) is 19.3 Å². The molecule has 1 N–H and O–H groups in total. The van der Waals surface area contributed by atoms with E-state index in [0.717, 1.165) is 25.3 Å². The van der Waals surface area contributed by atoms with Gasteiger partial charge in [0.25, 0.3) is 0 Å². The second kappa shape index (κ2) is 5.02. The van der Waals surface area contributed by atoms with E-state index in [4.69, 9.17) is 4.42 Å². The Hall–Kier alpha value is -0.800. The summed E-state index contributed by atoms with van der Waals surface area (Å²) >= 11 is 0. The molecule has 3 heteroatoms. The Bertz CT molecular complexity index is 300. The first kappa shape index (κ1) is 11.7. The monoisotopic (exact) mass is 222 g/mol. The van der Waals surface area contributed by atoms with Crippen molar-refractivity contribution in [2.24, 2.45) is 0 Å². The molecule has 0 saturated carbocycles. The standard InChI is InChI=1S/C13H22N2O/c1-15(2)11-13(7-4-9-14-13)8-6-12-5-3-10-16-12/h3,5,10,14H,4,6-9,11H2,1-2H3. The SMILES string of the molecule is CN(C)CC1(CCc2ccco2)CCCN1. The van der Waals surface area contributed by atoms with Crippen LogP contribution in [0, 0.1) is 0 Å². The number of hydrogen-bond donors (Lipinski definition) is 1. The molecule has 1 aliphatic rings. The Morgan fingerprint density at radius 1 is 1.50 bits per heavy atom. The Morgan fingerprint density at radius 3 is 2.94 bits per heavy atom. The molecular formula is C13H22N2O. The summed E-state index contributed by atoms with van der Waals surface area (Å²) in [6.45, 7) is 2.28. The third-order valence-electron chi connectivity index (χ3n) is 3.38. The van der Waals surface area contributed by atoms with Gasteiger partial charge in [0, 0.05) is 18.5 Å². The van der Waals surface area contributed by atoms with Gasteiger partial charge in [0.05, 0.1) is 6.26 Å². The maximum atomic E-state index is 5.40. The van der Waals surface area contributed by atoms with Gasteiger partial charge >= 0.3 is 0 Å². The molecule has 3 nitrogen and oxygen atoms in total. The van der Waals surface area contributed by atoms with Crippen LogP contribution in [0.2, 0.25) is 0 Å². The van der Waals surface area contributed by atoms with Crippen molar-refractivity contribution in [2.45, 2.75) is 31.2 Å². The lowest BCUT2D eigenvalue weighted by atomic mass is 9.90. The highest BCUT2D eigenvalue weighted by atomic mass is 16.3. The van der Waals surface area contributed by atoms with Gasteiger partial charge in [-0.25, -0.2) is 0 Å². The highest BCUT2D eigenvalue weighted by Crippen LogP contribution is 2.25. The second-order valence-corrected chi connectivity index (χ2v) is 5.13. The molecule has 1 atom stereocenters. The highest BCUT2D eigenvalue weighted by Gasteiger charge is 2.33. The average Bonchev–Trinajstić information content (AvgIpc) is 2.84. The summed E-state index contributed by atoms with van der Waals surface area (Å²) < 4.78 is 5.40. The van der Waals surface area contributed by atoms with Crippen LogP contribution in [0.3, 0.4) is 0 Å². The second-order valence-electron chi connectivity index (χ2n) is 5.13. The molecule has 0 radical (unpaired) electrons. The molecule has 1 aliphatic heterocycles. The molecule has 1 unspecified atom stereocenters. The Kier molecular flexibility index (Phi) is 3.66. The molecule has 0 aromatic carbocycles. The van der Waals surface area contributed by atoms with E-state index >= 15 is 0 Å². The number of likely N-dealkylation sites (N-methyl/N-ethyl adjacent to an activating group) is 1. The number of aryl methyl sites for hydroxylation is 1. The van der Waals surface area contributed by atoms with Gasteiger partial charge in [-0.1, -0.05) is 0 Å². The largest absolute Gasteiger partial charge is 0.469 e. The summed E-state index contributed by atoms with van der Waals surface area (Å²) in [5.74, 6) is 1.10. The predicted octanol–water partition coefficient (Wildman–Crippen LogP) is 1.90. The summed E-state index contributed by atoms with van der Waals surface area (Å²) in [6, 6.07) is 4.04. The first-order valence-electron chi connectivity index (χ1n) is 6.12. The van der Waals surface area contributed by atoms with Gasteiger partial charge < -0.3 is 14.6 Å². The van der Waals surface area contributed by atoms with Crippen LogP contribution in [0.1, 0.15) is 25.0 Å². The van der Waals surface area contributed by atoms with Crippen LogP contribution in [0.15, 0.2) is 22.8 Å². The molecular weight excluding hydrogens is 200 g/mol. The van der Waals surface area contributed by atoms with Crippen molar-refractivity contribution in [3.05, 3.63) is 24.2 Å². The van der Waals surface area contributed by atoms with Crippen molar-refractivity contribution >= 4 is 0 Å². The van der Waals surface area contributed by atoms with Crippen LogP contribution in [0.5, 0.6) is 0 Å². The van der Waals surface area contributed by atoms with Crippen LogP contribution in [-0.2, 0) is 6.42 Å². The fourth-order valence-corrected chi connectivity index (χ4v) is 2.72. The normalized spacial score (nSPS) is 25.4. The van der Waals surface area contributed by atoms with Crippen LogP contribution < -0.4 is 5.32 Å². The third-order valence-corrected chi connectivity index (χ3v) is 3.38. The molecule has 16 heavy (non-hydrogen) atoms. The zero-order chi connectivity index (χ0) is 11.4. The minimum absolute atomic E-state index is 0.302. The van der Waals surface area contributed by atoms with Crippen molar-refractivity contribution < 1.29 is 4.42 Å². The number of furan rings is 1. The third kappa shape index (κ3) is 2.86. The molecule has 0 aliphatic carbocycles. The van der Waals surface area contributed by atoms with Gasteiger partial charge in [-0.2, -0.15) is 0 Å². The zero-order valence-electron chi connectivity index (χ0n) is 10.3. The molecule has 0 amide bonds. The molecule has 2 heterocycles. The van der Waals surface area contributed by atoms with Crippen LogP contribution in [-0.4, -0.2) is 37.6 Å². The summed E-state index contributed by atoms with van der Waals surface area (Å²) in [6.07, 6.45) is 6.54. The zero-order valence-corrected chi connectivity index (χ0v) is 10.3. The minimum Gasteiger partial charge on any atom is -0.469 e. The quantitative estimate of drug-likeness (QED) is 0.824. The van der Waals surface area contributed by atoms with Gasteiger partial charge in [-0.15, -0.1) is 0 Å². The van der Waals surface area contributed by atoms with Crippen molar-refractivity contribution in [1.29, 1.82) is 0 Å². The maximum absolute atomic E-state index is 5.40. The first-order chi connectivity index (χ1) is 7.70. The van der Waals surface area contributed by atoms with Gasteiger partial charge in [0.15, 0.2) is 0 Å². The van der Waals surface area contributed by atoms with E-state index in [0.29, 0.717) is 5.54 Å². The van der Waals surface area contributed by atoms with E-state index in [2.05, 4.69) is 30.4 Å². The Morgan fingerprint density at radius 2 is 2.38 bits per heavy atom. The molecule has 1 aromatic heterocycles. The lowest BCUT2D eigenvalue weighted by molar-refractivity contribution is 0.239. The van der Waals surface area contributed by atoms with Crippen LogP contribution >= 0.6 is 0 Å². The van der Waals surface area contributed by atoms with E-state index in [-0.39, 0.29) is 0 Å². The van der Waals surface area contributed by atoms with Crippen molar-refractivity contribution in [1.82, 2.24) is 10.2 Å². The van der Waals surface area contributed by atoms with E-state index < -0.39 is 0 Å². The van der Waals surface area contributed by atoms with Gasteiger partial charge in [-0.05, 0) is 52.0 Å². The van der Waals surface area contributed by atoms with Gasteiger partial charge in [0.2, 0.25) is 0 Å². The van der Waals surface area contributed by atoms with E-state index in [1.54, 1.807) is 6.26 Å². The fraction of sp³-hybridized carbons (Fsp3) is 0.692. The van der Waals surface area contributed by atoms with E-state index in [1.807, 2.05) is 6.07 Å². The number of hydrogen-bond acceptors (Lipinski definition) is 3. The molecule has 1 fully saturated rings. The molecule has 1 saturated heterocycles. The Balaban J connectivity index is 1.92. The highest BCUT2D eigenvalue weighted by molar-refractivity contribution is 5.02. The maximum Gasteiger partial charge on any atom is 0.103 e. The van der Waals surface area contributed by atoms with Crippen molar-refractivity contribution in [3.63, 3.8) is 0 Å². The van der Waals surface area contributed by atoms with Gasteiger partial charge in [0.1, 0.15) is 5.76 Å². The fourth-order valence-electron chi connectivity index (χ4n) is 2.72. The number of rotatable bonds is 5. The van der Waals surface area contributed by atoms with Crippen molar-refractivity contribution in [2.75, 3.05) is 27.2 Å². The number of nitrogens with zero attached hydrogens (tertiary/aromatic N) is 1. The smallest absolute Gasteiger partial charge is 0.103 e. The molecule has 0 spiro atoms. The lowest BCUT2D eigenvalue weighted by Crippen LogP contribution is -2.48. The first-order valence-corrected chi connectivity index (χ1v) is 6.12. The molecule has 0 bridgehead atoms.